The summed E-state index contributed by atoms with van der Waals surface area (Å²) in [7, 11) is 0. The Morgan fingerprint density at radius 1 is 1.14 bits per heavy atom. The molecule has 1 saturated carbocycles. The van der Waals surface area contributed by atoms with Gasteiger partial charge in [0.1, 0.15) is 12.4 Å². The van der Waals surface area contributed by atoms with Crippen molar-refractivity contribution >= 4 is 17.6 Å². The fourth-order valence-electron chi connectivity index (χ4n) is 4.84. The summed E-state index contributed by atoms with van der Waals surface area (Å²) in [5, 5.41) is 0. The standard InChI is InChI=1S/C21H24N4O3/c22-14-8-4-9-15-17(14)20(26)24-11-5-10-16(24)19-18(23-12-25(15)19)21(27)28-13-6-2-1-3-7-13/h4,8-9,12-13,16H,1-3,5-7,10-11,22H2/t16-/m0/s1. The predicted molar refractivity (Wildman–Crippen MR) is 103 cm³/mol. The number of aromatic nitrogens is 2. The van der Waals surface area contributed by atoms with Crippen LogP contribution >= 0.6 is 0 Å². The minimum Gasteiger partial charge on any atom is -0.458 e. The summed E-state index contributed by atoms with van der Waals surface area (Å²) in [6.07, 6.45) is 8.49. The van der Waals surface area contributed by atoms with Crippen LogP contribution in [0.25, 0.3) is 5.69 Å². The number of hydrogen-bond acceptors (Lipinski definition) is 5. The molecule has 3 aliphatic rings. The maximum absolute atomic E-state index is 13.2. The third-order valence-electron chi connectivity index (χ3n) is 6.20. The SMILES string of the molecule is Nc1cccc2c1C(=O)N1CCC[C@H]1c1c(C(=O)OC3CCCCC3)ncn1-2. The number of benzene rings is 1. The normalized spacial score (nSPS) is 21.6. The number of fused-ring (bicyclic) bond motifs is 5. The topological polar surface area (TPSA) is 90.5 Å². The minimum atomic E-state index is -0.382. The second kappa shape index (κ2) is 6.65. The molecule has 3 heterocycles. The van der Waals surface area contributed by atoms with Crippen LogP contribution in [0.2, 0.25) is 0 Å². The molecular formula is C21H24N4O3. The first kappa shape index (κ1) is 17.3. The summed E-state index contributed by atoms with van der Waals surface area (Å²) < 4.78 is 7.64. The van der Waals surface area contributed by atoms with Crippen molar-refractivity contribution in [1.29, 1.82) is 0 Å². The third-order valence-corrected chi connectivity index (χ3v) is 6.20. The lowest BCUT2D eigenvalue weighted by molar-refractivity contribution is 0.0201. The molecule has 7 heteroatoms. The van der Waals surface area contributed by atoms with Gasteiger partial charge >= 0.3 is 5.97 Å². The number of ether oxygens (including phenoxy) is 1. The van der Waals surface area contributed by atoms with Crippen LogP contribution in [-0.4, -0.2) is 39.0 Å². The van der Waals surface area contributed by atoms with Crippen LogP contribution in [0.5, 0.6) is 0 Å². The van der Waals surface area contributed by atoms with Crippen LogP contribution in [0.3, 0.4) is 0 Å². The lowest BCUT2D eigenvalue weighted by Gasteiger charge is -2.24. The second-order valence-electron chi connectivity index (χ2n) is 7.91. The van der Waals surface area contributed by atoms with Gasteiger partial charge in [-0.05, 0) is 50.7 Å². The van der Waals surface area contributed by atoms with Crippen molar-refractivity contribution in [3.63, 3.8) is 0 Å². The molecule has 2 aliphatic heterocycles. The van der Waals surface area contributed by atoms with Crippen LogP contribution in [0.1, 0.15) is 77.5 Å². The Morgan fingerprint density at radius 2 is 1.96 bits per heavy atom. The molecule has 0 unspecified atom stereocenters. The quantitative estimate of drug-likeness (QED) is 0.638. The van der Waals surface area contributed by atoms with Gasteiger partial charge < -0.3 is 15.4 Å². The average Bonchev–Trinajstić information content (AvgIpc) is 3.33. The van der Waals surface area contributed by atoms with Gasteiger partial charge in [-0.1, -0.05) is 12.5 Å². The Balaban J connectivity index is 1.60. The first-order valence-electron chi connectivity index (χ1n) is 10.1. The van der Waals surface area contributed by atoms with Gasteiger partial charge in [0.15, 0.2) is 5.69 Å². The van der Waals surface area contributed by atoms with Gasteiger partial charge in [-0.2, -0.15) is 0 Å². The highest BCUT2D eigenvalue weighted by atomic mass is 16.5. The van der Waals surface area contributed by atoms with E-state index in [1.54, 1.807) is 12.4 Å². The number of nitrogens with two attached hydrogens (primary N) is 1. The fraction of sp³-hybridized carbons (Fsp3) is 0.476. The first-order chi connectivity index (χ1) is 13.6. The van der Waals surface area contributed by atoms with E-state index in [2.05, 4.69) is 4.98 Å². The summed E-state index contributed by atoms with van der Waals surface area (Å²) in [4.78, 5) is 32.4. The molecule has 1 amide bonds. The zero-order chi connectivity index (χ0) is 19.3. The van der Waals surface area contributed by atoms with E-state index in [1.807, 2.05) is 21.6 Å². The molecular weight excluding hydrogens is 356 g/mol. The highest BCUT2D eigenvalue weighted by Gasteiger charge is 2.41. The maximum atomic E-state index is 13.2. The van der Waals surface area contributed by atoms with Crippen molar-refractivity contribution in [2.45, 2.75) is 57.1 Å². The van der Waals surface area contributed by atoms with Gasteiger partial charge in [-0.3, -0.25) is 9.36 Å². The Morgan fingerprint density at radius 3 is 2.79 bits per heavy atom. The summed E-state index contributed by atoms with van der Waals surface area (Å²) in [6, 6.07) is 5.23. The van der Waals surface area contributed by atoms with E-state index >= 15 is 0 Å². The van der Waals surface area contributed by atoms with Crippen LogP contribution in [-0.2, 0) is 4.74 Å². The molecule has 2 N–H and O–H groups in total. The number of esters is 1. The molecule has 0 bridgehead atoms. The molecule has 5 rings (SSSR count). The second-order valence-corrected chi connectivity index (χ2v) is 7.91. The highest BCUT2D eigenvalue weighted by molar-refractivity contribution is 6.04. The summed E-state index contributed by atoms with van der Waals surface area (Å²) in [5.74, 6) is -0.460. The maximum Gasteiger partial charge on any atom is 0.359 e. The van der Waals surface area contributed by atoms with Crippen molar-refractivity contribution in [2.24, 2.45) is 0 Å². The van der Waals surface area contributed by atoms with Gasteiger partial charge in [0, 0.05) is 12.2 Å². The molecule has 2 fully saturated rings. The van der Waals surface area contributed by atoms with Gasteiger partial charge in [0.25, 0.3) is 5.91 Å². The van der Waals surface area contributed by atoms with E-state index in [4.69, 9.17) is 10.5 Å². The molecule has 1 aromatic carbocycles. The first-order valence-corrected chi connectivity index (χ1v) is 10.1. The van der Waals surface area contributed by atoms with Gasteiger partial charge in [-0.15, -0.1) is 0 Å². The monoisotopic (exact) mass is 380 g/mol. The van der Waals surface area contributed by atoms with Crippen molar-refractivity contribution in [3.8, 4) is 5.69 Å². The van der Waals surface area contributed by atoms with E-state index < -0.39 is 0 Å². The number of nitrogens with zero attached hydrogens (tertiary/aromatic N) is 3. The molecule has 2 aromatic rings. The largest absolute Gasteiger partial charge is 0.458 e. The fourth-order valence-corrected chi connectivity index (χ4v) is 4.84. The number of rotatable bonds is 2. The molecule has 1 aromatic heterocycles. The number of amides is 1. The summed E-state index contributed by atoms with van der Waals surface area (Å²) in [5.41, 5.74) is 8.84. The van der Waals surface area contributed by atoms with Crippen LogP contribution in [0, 0.1) is 0 Å². The lowest BCUT2D eigenvalue weighted by Crippen LogP contribution is -2.31. The summed E-state index contributed by atoms with van der Waals surface area (Å²) in [6.45, 7) is 0.652. The van der Waals surface area contributed by atoms with E-state index in [0.29, 0.717) is 29.2 Å². The molecule has 0 radical (unpaired) electrons. The Bertz CT molecular complexity index is 945. The van der Waals surface area contributed by atoms with Gasteiger partial charge in [0.05, 0.1) is 23.0 Å². The van der Waals surface area contributed by atoms with Crippen molar-refractivity contribution in [3.05, 3.63) is 41.5 Å². The van der Waals surface area contributed by atoms with E-state index in [9.17, 15) is 9.59 Å². The number of anilines is 1. The lowest BCUT2D eigenvalue weighted by atomic mass is 9.98. The minimum absolute atomic E-state index is 0.0337. The Hall–Kier alpha value is -2.83. The van der Waals surface area contributed by atoms with Crippen LogP contribution in [0.15, 0.2) is 24.5 Å². The van der Waals surface area contributed by atoms with Crippen molar-refractivity contribution < 1.29 is 14.3 Å². The number of carbonyl (C=O) groups excluding carboxylic acids is 2. The number of hydrogen-bond donors (Lipinski definition) is 1. The number of nitrogen functional groups attached to an aromatic ring is 1. The third kappa shape index (κ3) is 2.60. The van der Waals surface area contributed by atoms with E-state index in [1.165, 1.54) is 6.42 Å². The van der Waals surface area contributed by atoms with Gasteiger partial charge in [-0.25, -0.2) is 9.78 Å². The van der Waals surface area contributed by atoms with Crippen molar-refractivity contribution in [2.75, 3.05) is 12.3 Å². The summed E-state index contributed by atoms with van der Waals surface area (Å²) >= 11 is 0. The highest BCUT2D eigenvalue weighted by Crippen LogP contribution is 2.41. The van der Waals surface area contributed by atoms with Crippen LogP contribution in [0.4, 0.5) is 5.69 Å². The van der Waals surface area contributed by atoms with Gasteiger partial charge in [0.2, 0.25) is 0 Å². The molecule has 28 heavy (non-hydrogen) atoms. The Kier molecular flexibility index (Phi) is 4.10. The predicted octanol–water partition coefficient (Wildman–Crippen LogP) is 3.23. The smallest absolute Gasteiger partial charge is 0.359 e. The molecule has 1 aliphatic carbocycles. The average molecular weight is 380 g/mol. The van der Waals surface area contributed by atoms with E-state index in [0.717, 1.165) is 44.2 Å². The van der Waals surface area contributed by atoms with Crippen molar-refractivity contribution in [1.82, 2.24) is 14.5 Å². The molecule has 146 valence electrons. The van der Waals surface area contributed by atoms with Crippen LogP contribution < -0.4 is 5.73 Å². The zero-order valence-corrected chi connectivity index (χ0v) is 15.8. The molecule has 7 nitrogen and oxygen atoms in total. The number of carbonyl (C=O) groups is 2. The molecule has 1 atom stereocenters. The molecule has 0 spiro atoms. The molecule has 1 saturated heterocycles. The Labute approximate surface area is 163 Å². The van der Waals surface area contributed by atoms with E-state index in [-0.39, 0.29) is 24.0 Å². The number of imidazole rings is 1. The zero-order valence-electron chi connectivity index (χ0n) is 15.8.